The van der Waals surface area contributed by atoms with Crippen LogP contribution < -0.4 is 10.2 Å². The summed E-state index contributed by atoms with van der Waals surface area (Å²) in [5.74, 6) is 0.193. The van der Waals surface area contributed by atoms with E-state index in [2.05, 4.69) is 53.2 Å². The zero-order valence-corrected chi connectivity index (χ0v) is 18.3. The van der Waals surface area contributed by atoms with Crippen molar-refractivity contribution >= 4 is 30.6 Å². The number of hydrogen-bond acceptors (Lipinski definition) is 4. The molecular formula is C21H32N4O2Si. The number of ether oxygens (including phenoxy) is 1. The van der Waals surface area contributed by atoms with Crippen LogP contribution in [0.3, 0.4) is 0 Å². The molecule has 0 bridgehead atoms. The number of anilines is 1. The molecule has 2 aliphatic rings. The minimum absolute atomic E-state index is 0.193. The van der Waals surface area contributed by atoms with Gasteiger partial charge in [-0.2, -0.15) is 5.10 Å². The number of rotatable bonds is 6. The van der Waals surface area contributed by atoms with Gasteiger partial charge in [0.15, 0.2) is 0 Å². The van der Waals surface area contributed by atoms with Crippen molar-refractivity contribution < 1.29 is 9.53 Å². The van der Waals surface area contributed by atoms with Crippen LogP contribution in [0.1, 0.15) is 32.1 Å². The first kappa shape index (κ1) is 19.5. The van der Waals surface area contributed by atoms with E-state index in [1.54, 1.807) is 0 Å². The lowest BCUT2D eigenvalue weighted by Crippen LogP contribution is -2.50. The number of fused-ring (bicyclic) bond motifs is 1. The van der Waals surface area contributed by atoms with E-state index in [9.17, 15) is 4.79 Å². The lowest BCUT2D eigenvalue weighted by molar-refractivity contribution is -0.124. The molecule has 1 spiro atoms. The lowest BCUT2D eigenvalue weighted by Gasteiger charge is -2.39. The maximum absolute atomic E-state index is 12.6. The Kier molecular flexibility index (Phi) is 5.22. The van der Waals surface area contributed by atoms with Crippen LogP contribution in [-0.2, 0) is 16.3 Å². The maximum Gasteiger partial charge on any atom is 0.247 e. The van der Waals surface area contributed by atoms with Gasteiger partial charge in [-0.25, -0.2) is 4.68 Å². The van der Waals surface area contributed by atoms with Crippen LogP contribution in [0, 0.1) is 0 Å². The molecule has 28 heavy (non-hydrogen) atoms. The molecular weight excluding hydrogens is 368 g/mol. The number of hydrogen-bond donors (Lipinski definition) is 1. The van der Waals surface area contributed by atoms with Crippen molar-refractivity contribution in [1.82, 2.24) is 15.1 Å². The summed E-state index contributed by atoms with van der Waals surface area (Å²) in [6.07, 6.45) is 7.27. The number of nitrogens with one attached hydrogen (secondary N) is 1. The van der Waals surface area contributed by atoms with Gasteiger partial charge in [-0.15, -0.1) is 0 Å². The van der Waals surface area contributed by atoms with Gasteiger partial charge >= 0.3 is 0 Å². The third-order valence-corrected chi connectivity index (χ3v) is 7.87. The second-order valence-corrected chi connectivity index (χ2v) is 15.0. The fraction of sp³-hybridized carbons (Fsp3) is 0.619. The van der Waals surface area contributed by atoms with E-state index in [1.165, 1.54) is 6.42 Å². The van der Waals surface area contributed by atoms with Crippen LogP contribution in [-0.4, -0.2) is 42.6 Å². The van der Waals surface area contributed by atoms with E-state index >= 15 is 0 Å². The first-order valence-corrected chi connectivity index (χ1v) is 14.2. The van der Waals surface area contributed by atoms with Gasteiger partial charge in [0.1, 0.15) is 12.3 Å². The summed E-state index contributed by atoms with van der Waals surface area (Å²) in [6.45, 7) is 8.95. The van der Waals surface area contributed by atoms with Gasteiger partial charge in [-0.3, -0.25) is 4.79 Å². The third kappa shape index (κ3) is 3.69. The summed E-state index contributed by atoms with van der Waals surface area (Å²) in [7, 11) is -1.07. The second kappa shape index (κ2) is 7.52. The Labute approximate surface area is 168 Å². The number of aromatic nitrogens is 2. The van der Waals surface area contributed by atoms with Crippen LogP contribution in [0.4, 0.5) is 5.69 Å². The Bertz CT molecular complexity index is 852. The average Bonchev–Trinajstić information content (AvgIpc) is 3.20. The van der Waals surface area contributed by atoms with E-state index in [4.69, 9.17) is 4.74 Å². The molecule has 2 aromatic rings. The van der Waals surface area contributed by atoms with Gasteiger partial charge in [-0.05, 0) is 37.1 Å². The van der Waals surface area contributed by atoms with Gasteiger partial charge in [0.2, 0.25) is 5.91 Å². The molecule has 0 atom stereocenters. The topological polar surface area (TPSA) is 59.4 Å². The van der Waals surface area contributed by atoms with E-state index in [-0.39, 0.29) is 11.4 Å². The fourth-order valence-electron chi connectivity index (χ4n) is 4.44. The summed E-state index contributed by atoms with van der Waals surface area (Å²) in [5.41, 5.74) is 1.82. The van der Waals surface area contributed by atoms with E-state index in [0.717, 1.165) is 54.9 Å². The summed E-state index contributed by atoms with van der Waals surface area (Å²) >= 11 is 0. The molecule has 6 nitrogen and oxygen atoms in total. The molecule has 2 fully saturated rings. The van der Waals surface area contributed by atoms with Crippen molar-refractivity contribution in [2.75, 3.05) is 18.2 Å². The Hall–Kier alpha value is -1.86. The first-order valence-electron chi connectivity index (χ1n) is 10.5. The molecule has 7 heteroatoms. The second-order valence-electron chi connectivity index (χ2n) is 9.42. The predicted octanol–water partition coefficient (Wildman–Crippen LogP) is 3.95. The van der Waals surface area contributed by atoms with Crippen molar-refractivity contribution in [3.8, 4) is 0 Å². The van der Waals surface area contributed by atoms with Crippen molar-refractivity contribution in [2.24, 2.45) is 0 Å². The molecule has 1 aliphatic carbocycles. The zero-order chi connectivity index (χ0) is 19.8. The highest BCUT2D eigenvalue weighted by molar-refractivity contribution is 6.76. The number of benzene rings is 1. The fourth-order valence-corrected chi connectivity index (χ4v) is 5.19. The molecule has 1 N–H and O–H groups in total. The van der Waals surface area contributed by atoms with Gasteiger partial charge < -0.3 is 15.0 Å². The average molecular weight is 401 g/mol. The summed E-state index contributed by atoms with van der Waals surface area (Å²) in [6, 6.07) is 7.56. The molecule has 0 unspecified atom stereocenters. The SMILES string of the molecule is C[Si](C)(C)CCOCn1ncc2cc(N3CNC(=O)C34CCCCC4)ccc21. The first-order chi connectivity index (χ1) is 13.4. The van der Waals surface area contributed by atoms with E-state index in [1.807, 2.05) is 10.9 Å². The minimum atomic E-state index is -1.07. The molecule has 1 amide bonds. The number of carbonyl (C=O) groups excluding carboxylic acids is 1. The van der Waals surface area contributed by atoms with Crippen molar-refractivity contribution in [3.05, 3.63) is 24.4 Å². The van der Waals surface area contributed by atoms with Gasteiger partial charge in [0, 0.05) is 25.8 Å². The summed E-state index contributed by atoms with van der Waals surface area (Å²) in [4.78, 5) is 14.9. The third-order valence-electron chi connectivity index (χ3n) is 6.16. The van der Waals surface area contributed by atoms with Gasteiger partial charge in [-0.1, -0.05) is 38.9 Å². The number of nitrogens with zero attached hydrogens (tertiary/aromatic N) is 3. The summed E-state index contributed by atoms with van der Waals surface area (Å²) < 4.78 is 7.79. The molecule has 1 saturated carbocycles. The summed E-state index contributed by atoms with van der Waals surface area (Å²) in [5, 5.41) is 8.69. The van der Waals surface area contributed by atoms with Crippen LogP contribution in [0.25, 0.3) is 10.9 Å². The Morgan fingerprint density at radius 2 is 2.00 bits per heavy atom. The van der Waals surface area contributed by atoms with Gasteiger partial charge in [0.25, 0.3) is 0 Å². The largest absolute Gasteiger partial charge is 0.360 e. The number of amides is 1. The maximum atomic E-state index is 12.6. The lowest BCUT2D eigenvalue weighted by atomic mass is 9.80. The molecule has 1 aliphatic heterocycles. The highest BCUT2D eigenvalue weighted by Crippen LogP contribution is 2.40. The quantitative estimate of drug-likeness (QED) is 0.589. The Balaban J connectivity index is 1.50. The van der Waals surface area contributed by atoms with Crippen molar-refractivity contribution in [2.45, 2.75) is 70.1 Å². The molecule has 1 saturated heterocycles. The molecule has 1 aromatic heterocycles. The normalized spacial score (nSPS) is 19.5. The van der Waals surface area contributed by atoms with Crippen LogP contribution in [0.2, 0.25) is 25.7 Å². The van der Waals surface area contributed by atoms with Gasteiger partial charge in [0.05, 0.1) is 18.4 Å². The van der Waals surface area contributed by atoms with Crippen molar-refractivity contribution in [1.29, 1.82) is 0 Å². The molecule has 1 aromatic carbocycles. The zero-order valence-electron chi connectivity index (χ0n) is 17.3. The predicted molar refractivity (Wildman–Crippen MR) is 115 cm³/mol. The standard InChI is InChI=1S/C21H32N4O2Si/c1-28(2,3)12-11-27-16-25-19-8-7-18(13-17(19)14-23-25)24-15-22-20(26)21(24)9-5-4-6-10-21/h7-8,13-14H,4-6,9-12,15-16H2,1-3H3,(H,22,26). The van der Waals surface area contributed by atoms with E-state index < -0.39 is 8.07 Å². The Morgan fingerprint density at radius 1 is 1.21 bits per heavy atom. The highest BCUT2D eigenvalue weighted by atomic mass is 28.3. The molecule has 2 heterocycles. The van der Waals surface area contributed by atoms with Crippen LogP contribution in [0.5, 0.6) is 0 Å². The Morgan fingerprint density at radius 3 is 2.75 bits per heavy atom. The molecule has 0 radical (unpaired) electrons. The van der Waals surface area contributed by atoms with Crippen LogP contribution >= 0.6 is 0 Å². The van der Waals surface area contributed by atoms with E-state index in [0.29, 0.717) is 13.4 Å². The number of carbonyl (C=O) groups is 1. The molecule has 4 rings (SSSR count). The highest BCUT2D eigenvalue weighted by Gasteiger charge is 2.49. The minimum Gasteiger partial charge on any atom is -0.360 e. The monoisotopic (exact) mass is 400 g/mol. The smallest absolute Gasteiger partial charge is 0.247 e. The van der Waals surface area contributed by atoms with Crippen LogP contribution in [0.15, 0.2) is 24.4 Å². The molecule has 152 valence electrons. The van der Waals surface area contributed by atoms with Crippen molar-refractivity contribution in [3.63, 3.8) is 0 Å².